The summed E-state index contributed by atoms with van der Waals surface area (Å²) in [6, 6.07) is 1.72. The molecule has 0 aliphatic heterocycles. The largest absolute Gasteiger partial charge is 0.475 e. The predicted octanol–water partition coefficient (Wildman–Crippen LogP) is 3.01. The molecule has 1 heterocycles. The lowest BCUT2D eigenvalue weighted by Gasteiger charge is -2.06. The van der Waals surface area contributed by atoms with Crippen LogP contribution in [-0.4, -0.2) is 16.3 Å². The standard InChI is InChI=1S/C10H14O3S/c1-3-7(2)14-6-8-4-5-13-9(8)10(11)12/h4-5,7H,3,6H2,1-2H3,(H,11,12). The summed E-state index contributed by atoms with van der Waals surface area (Å²) in [7, 11) is 0. The van der Waals surface area contributed by atoms with Crippen LogP contribution < -0.4 is 0 Å². The van der Waals surface area contributed by atoms with Crippen LogP contribution >= 0.6 is 11.8 Å². The SMILES string of the molecule is CCC(C)SCc1ccoc1C(=O)O. The first-order valence-electron chi connectivity index (χ1n) is 4.56. The highest BCUT2D eigenvalue weighted by molar-refractivity contribution is 7.99. The summed E-state index contributed by atoms with van der Waals surface area (Å²) in [5, 5.41) is 9.32. The lowest BCUT2D eigenvalue weighted by Crippen LogP contribution is -1.99. The Bertz CT molecular complexity index is 306. The van der Waals surface area contributed by atoms with E-state index in [1.807, 2.05) is 0 Å². The summed E-state index contributed by atoms with van der Waals surface area (Å²) in [5.41, 5.74) is 0.766. The molecule has 0 fully saturated rings. The first-order chi connectivity index (χ1) is 6.65. The molecule has 1 aromatic rings. The summed E-state index contributed by atoms with van der Waals surface area (Å²) in [6.45, 7) is 4.25. The third kappa shape index (κ3) is 2.80. The van der Waals surface area contributed by atoms with Gasteiger partial charge in [0, 0.05) is 16.6 Å². The number of aromatic carboxylic acids is 1. The Morgan fingerprint density at radius 2 is 2.43 bits per heavy atom. The molecule has 1 rings (SSSR count). The second kappa shape index (κ2) is 5.10. The summed E-state index contributed by atoms with van der Waals surface area (Å²) in [6.07, 6.45) is 2.51. The number of thioether (sulfide) groups is 1. The average Bonchev–Trinajstić information content (AvgIpc) is 2.62. The topological polar surface area (TPSA) is 50.4 Å². The molecule has 0 saturated heterocycles. The van der Waals surface area contributed by atoms with Gasteiger partial charge in [-0.15, -0.1) is 0 Å². The fourth-order valence-corrected chi connectivity index (χ4v) is 1.91. The van der Waals surface area contributed by atoms with Gasteiger partial charge in [-0.1, -0.05) is 13.8 Å². The van der Waals surface area contributed by atoms with Crippen molar-refractivity contribution >= 4 is 17.7 Å². The molecule has 1 aromatic heterocycles. The van der Waals surface area contributed by atoms with E-state index in [1.165, 1.54) is 6.26 Å². The van der Waals surface area contributed by atoms with Crippen LogP contribution in [0.3, 0.4) is 0 Å². The number of carbonyl (C=O) groups is 1. The van der Waals surface area contributed by atoms with Crippen LogP contribution in [0.2, 0.25) is 0 Å². The molecule has 4 heteroatoms. The Kier molecular flexibility index (Phi) is 4.07. The van der Waals surface area contributed by atoms with Crippen molar-refractivity contribution < 1.29 is 14.3 Å². The van der Waals surface area contributed by atoms with Gasteiger partial charge in [-0.3, -0.25) is 0 Å². The van der Waals surface area contributed by atoms with E-state index in [1.54, 1.807) is 17.8 Å². The number of hydrogen-bond acceptors (Lipinski definition) is 3. The Labute approximate surface area is 87.5 Å². The van der Waals surface area contributed by atoms with Crippen molar-refractivity contribution in [2.45, 2.75) is 31.3 Å². The zero-order chi connectivity index (χ0) is 10.6. The Morgan fingerprint density at radius 3 is 3.00 bits per heavy atom. The molecular weight excluding hydrogens is 200 g/mol. The van der Waals surface area contributed by atoms with Gasteiger partial charge >= 0.3 is 5.97 Å². The molecule has 0 saturated carbocycles. The first kappa shape index (κ1) is 11.2. The van der Waals surface area contributed by atoms with Crippen LogP contribution in [0.25, 0.3) is 0 Å². The van der Waals surface area contributed by atoms with Crippen molar-refractivity contribution in [1.82, 2.24) is 0 Å². The maximum absolute atomic E-state index is 10.7. The lowest BCUT2D eigenvalue weighted by atomic mass is 10.3. The van der Waals surface area contributed by atoms with Crippen molar-refractivity contribution in [2.24, 2.45) is 0 Å². The van der Waals surface area contributed by atoms with Crippen LogP contribution in [0.5, 0.6) is 0 Å². The van der Waals surface area contributed by atoms with E-state index in [2.05, 4.69) is 13.8 Å². The second-order valence-electron chi connectivity index (χ2n) is 3.11. The Balaban J connectivity index is 2.58. The van der Waals surface area contributed by atoms with Crippen LogP contribution in [-0.2, 0) is 5.75 Å². The summed E-state index contributed by atoms with van der Waals surface area (Å²) < 4.78 is 4.88. The maximum atomic E-state index is 10.7. The van der Waals surface area contributed by atoms with Gasteiger partial charge in [0.25, 0.3) is 0 Å². The van der Waals surface area contributed by atoms with E-state index >= 15 is 0 Å². The fourth-order valence-electron chi connectivity index (χ4n) is 0.987. The highest BCUT2D eigenvalue weighted by Crippen LogP contribution is 2.22. The molecule has 1 unspecified atom stereocenters. The number of furan rings is 1. The molecule has 0 aliphatic carbocycles. The smallest absolute Gasteiger partial charge is 0.372 e. The van der Waals surface area contributed by atoms with Crippen molar-refractivity contribution in [3.63, 3.8) is 0 Å². The van der Waals surface area contributed by atoms with Crippen molar-refractivity contribution in [1.29, 1.82) is 0 Å². The molecule has 0 amide bonds. The van der Waals surface area contributed by atoms with Gasteiger partial charge in [0.15, 0.2) is 0 Å². The van der Waals surface area contributed by atoms with E-state index in [0.717, 1.165) is 12.0 Å². The van der Waals surface area contributed by atoms with Gasteiger partial charge in [-0.05, 0) is 12.5 Å². The summed E-state index contributed by atoms with van der Waals surface area (Å²) >= 11 is 1.74. The minimum Gasteiger partial charge on any atom is -0.475 e. The highest BCUT2D eigenvalue weighted by Gasteiger charge is 2.14. The zero-order valence-corrected chi connectivity index (χ0v) is 9.13. The van der Waals surface area contributed by atoms with Crippen LogP contribution in [0.1, 0.15) is 36.4 Å². The van der Waals surface area contributed by atoms with Gasteiger partial charge in [-0.25, -0.2) is 4.79 Å². The molecule has 1 N–H and O–H groups in total. The number of rotatable bonds is 5. The van der Waals surface area contributed by atoms with Gasteiger partial charge in [0.2, 0.25) is 5.76 Å². The van der Waals surface area contributed by atoms with Gasteiger partial charge in [0.05, 0.1) is 6.26 Å². The molecule has 0 aromatic carbocycles. The van der Waals surface area contributed by atoms with E-state index < -0.39 is 5.97 Å². The monoisotopic (exact) mass is 214 g/mol. The normalized spacial score (nSPS) is 12.7. The Morgan fingerprint density at radius 1 is 1.71 bits per heavy atom. The highest BCUT2D eigenvalue weighted by atomic mass is 32.2. The summed E-state index contributed by atoms with van der Waals surface area (Å²) in [4.78, 5) is 10.7. The quantitative estimate of drug-likeness (QED) is 0.818. The molecule has 1 atom stereocenters. The van der Waals surface area contributed by atoms with Crippen LogP contribution in [0.4, 0.5) is 0 Å². The number of carboxylic acids is 1. The zero-order valence-electron chi connectivity index (χ0n) is 8.32. The van der Waals surface area contributed by atoms with Gasteiger partial charge < -0.3 is 9.52 Å². The van der Waals surface area contributed by atoms with Crippen molar-refractivity contribution in [3.05, 3.63) is 23.7 Å². The van der Waals surface area contributed by atoms with Gasteiger partial charge in [-0.2, -0.15) is 11.8 Å². The third-order valence-corrected chi connectivity index (χ3v) is 3.42. The van der Waals surface area contributed by atoms with E-state index in [-0.39, 0.29) is 5.76 Å². The van der Waals surface area contributed by atoms with Crippen LogP contribution in [0.15, 0.2) is 16.7 Å². The van der Waals surface area contributed by atoms with Crippen LogP contribution in [0, 0.1) is 0 Å². The van der Waals surface area contributed by atoms with Crippen molar-refractivity contribution in [3.8, 4) is 0 Å². The fraction of sp³-hybridized carbons (Fsp3) is 0.500. The molecule has 78 valence electrons. The molecule has 0 radical (unpaired) electrons. The minimum absolute atomic E-state index is 0.0702. The maximum Gasteiger partial charge on any atom is 0.372 e. The van der Waals surface area contributed by atoms with Gasteiger partial charge in [0.1, 0.15) is 0 Å². The predicted molar refractivity (Wildman–Crippen MR) is 56.7 cm³/mol. The second-order valence-corrected chi connectivity index (χ2v) is 4.54. The molecule has 0 aliphatic rings. The third-order valence-electron chi connectivity index (χ3n) is 2.04. The van der Waals surface area contributed by atoms with E-state index in [0.29, 0.717) is 11.0 Å². The van der Waals surface area contributed by atoms with E-state index in [4.69, 9.17) is 9.52 Å². The Hall–Kier alpha value is -0.900. The van der Waals surface area contributed by atoms with Crippen molar-refractivity contribution in [2.75, 3.05) is 0 Å². The minimum atomic E-state index is -0.991. The molecule has 14 heavy (non-hydrogen) atoms. The lowest BCUT2D eigenvalue weighted by molar-refractivity contribution is 0.0661. The molecule has 0 bridgehead atoms. The number of hydrogen-bond donors (Lipinski definition) is 1. The molecular formula is C10H14O3S. The number of carboxylic acid groups (broad SMARTS) is 1. The molecule has 0 spiro atoms. The molecule has 3 nitrogen and oxygen atoms in total. The average molecular weight is 214 g/mol. The first-order valence-corrected chi connectivity index (χ1v) is 5.61. The van der Waals surface area contributed by atoms with E-state index in [9.17, 15) is 4.79 Å². The summed E-state index contributed by atoms with van der Waals surface area (Å²) in [5.74, 6) is -0.219.